The van der Waals surface area contributed by atoms with Crippen LogP contribution in [0.25, 0.3) is 21.3 Å². The van der Waals surface area contributed by atoms with E-state index in [2.05, 4.69) is 20.6 Å². The predicted octanol–water partition coefficient (Wildman–Crippen LogP) is 4.47. The molecule has 1 amide bonds. The van der Waals surface area contributed by atoms with E-state index in [-0.39, 0.29) is 17.5 Å². The number of fused-ring (bicyclic) bond motifs is 1. The molecule has 1 fully saturated rings. The number of carbonyl (C=O) groups excluding carboxylic acids is 1. The minimum atomic E-state index is -1.05. The summed E-state index contributed by atoms with van der Waals surface area (Å²) < 4.78 is 1.52. The Morgan fingerprint density at radius 3 is 2.69 bits per heavy atom. The number of aromatic amines is 1. The quantitative estimate of drug-likeness (QED) is 0.318. The van der Waals surface area contributed by atoms with Gasteiger partial charge in [0.25, 0.3) is 11.5 Å². The van der Waals surface area contributed by atoms with Gasteiger partial charge in [-0.25, -0.2) is 0 Å². The van der Waals surface area contributed by atoms with Crippen LogP contribution in [0.2, 0.25) is 0 Å². The summed E-state index contributed by atoms with van der Waals surface area (Å²) in [5.74, 6) is -0.208. The molecule has 8 nitrogen and oxygen atoms in total. The van der Waals surface area contributed by atoms with Crippen LogP contribution < -0.4 is 16.2 Å². The predicted molar refractivity (Wildman–Crippen MR) is 140 cm³/mol. The van der Waals surface area contributed by atoms with Gasteiger partial charge in [0.15, 0.2) is 0 Å². The molecule has 0 bridgehead atoms. The van der Waals surface area contributed by atoms with E-state index in [1.807, 2.05) is 26.0 Å². The molecule has 0 aliphatic heterocycles. The molecule has 0 aromatic carbocycles. The topological polar surface area (TPSA) is 112 Å². The molecule has 182 valence electrons. The highest BCUT2D eigenvalue weighted by Crippen LogP contribution is 2.44. The summed E-state index contributed by atoms with van der Waals surface area (Å²) in [6, 6.07) is 5.84. The van der Waals surface area contributed by atoms with Gasteiger partial charge >= 0.3 is 0 Å². The molecular weight excluding hydrogens is 462 g/mol. The first-order chi connectivity index (χ1) is 16.5. The maximum atomic E-state index is 13.0. The van der Waals surface area contributed by atoms with Gasteiger partial charge in [-0.3, -0.25) is 14.6 Å². The van der Waals surface area contributed by atoms with E-state index in [0.717, 1.165) is 50.8 Å². The van der Waals surface area contributed by atoms with E-state index in [1.165, 1.54) is 15.9 Å². The van der Waals surface area contributed by atoms with Gasteiger partial charge in [-0.15, -0.1) is 11.3 Å². The molecule has 9 heteroatoms. The van der Waals surface area contributed by atoms with Crippen LogP contribution in [0.3, 0.4) is 0 Å². The summed E-state index contributed by atoms with van der Waals surface area (Å²) in [5, 5.41) is 17.9. The van der Waals surface area contributed by atoms with Crippen molar-refractivity contribution >= 4 is 39.5 Å². The van der Waals surface area contributed by atoms with Gasteiger partial charge in [-0.1, -0.05) is 0 Å². The van der Waals surface area contributed by atoms with Crippen molar-refractivity contribution in [2.24, 2.45) is 7.05 Å². The average Bonchev–Trinajstić information content (AvgIpc) is 3.31. The lowest BCUT2D eigenvalue weighted by atomic mass is 10.1. The number of aliphatic hydroxyl groups is 1. The maximum absolute atomic E-state index is 13.0. The Balaban J connectivity index is 1.70. The number of rotatable bonds is 6. The fourth-order valence-electron chi connectivity index (χ4n) is 4.13. The van der Waals surface area contributed by atoms with Crippen LogP contribution in [0.15, 0.2) is 35.4 Å². The summed E-state index contributed by atoms with van der Waals surface area (Å²) in [5.41, 5.74) is 3.89. The monoisotopic (exact) mass is 491 g/mol. The zero-order chi connectivity index (χ0) is 25.1. The number of nitrogens with one attached hydrogen (secondary N) is 3. The number of pyridine rings is 2. The van der Waals surface area contributed by atoms with Crippen molar-refractivity contribution in [1.29, 1.82) is 0 Å². The Morgan fingerprint density at radius 2 is 2.03 bits per heavy atom. The smallest absolute Gasteiger partial charge is 0.274 e. The van der Waals surface area contributed by atoms with E-state index in [9.17, 15) is 14.7 Å². The highest BCUT2D eigenvalue weighted by atomic mass is 32.1. The van der Waals surface area contributed by atoms with Crippen molar-refractivity contribution in [2.75, 3.05) is 5.32 Å². The molecule has 0 radical (unpaired) electrons. The summed E-state index contributed by atoms with van der Waals surface area (Å²) in [6.45, 7) is 7.46. The molecular formula is C26H29N5O3S. The van der Waals surface area contributed by atoms with Crippen LogP contribution in [0, 0.1) is 13.8 Å². The van der Waals surface area contributed by atoms with Gasteiger partial charge < -0.3 is 25.3 Å². The number of hydrogen-bond donors (Lipinski definition) is 4. The Kier molecular flexibility index (Phi) is 5.56. The summed E-state index contributed by atoms with van der Waals surface area (Å²) in [4.78, 5) is 34.8. The average molecular weight is 492 g/mol. The zero-order valence-electron chi connectivity index (χ0n) is 20.4. The first-order valence-corrected chi connectivity index (χ1v) is 12.4. The second kappa shape index (κ2) is 8.35. The van der Waals surface area contributed by atoms with Crippen LogP contribution in [-0.2, 0) is 12.6 Å². The number of nitrogens with zero attached hydrogens (tertiary/aromatic N) is 2. The zero-order valence-corrected chi connectivity index (χ0v) is 21.3. The molecule has 35 heavy (non-hydrogen) atoms. The standard InChI is InChI=1S/C26H29N5O3S/c1-13-8-9-27-14(2)21(13)29-18-11-20(26(3,4)34)35-23(18)17-12-31(5)25(33)22-16(17)10-19(30-22)24(32)28-15-6-7-15/h8-12,15,29-30,34H,6-7H2,1-5H3,(H,28,32). The highest BCUT2D eigenvalue weighted by molar-refractivity contribution is 7.16. The molecule has 4 heterocycles. The number of aromatic nitrogens is 3. The maximum Gasteiger partial charge on any atom is 0.274 e. The Morgan fingerprint density at radius 1 is 1.29 bits per heavy atom. The molecule has 1 saturated carbocycles. The molecule has 0 unspecified atom stereocenters. The lowest BCUT2D eigenvalue weighted by molar-refractivity contribution is 0.0825. The molecule has 0 spiro atoms. The summed E-state index contributed by atoms with van der Waals surface area (Å²) in [6.07, 6.45) is 5.53. The fourth-order valence-corrected chi connectivity index (χ4v) is 5.27. The van der Waals surface area contributed by atoms with Crippen LogP contribution >= 0.6 is 11.3 Å². The lowest BCUT2D eigenvalue weighted by Gasteiger charge is -2.14. The van der Waals surface area contributed by atoms with Crippen LogP contribution in [-0.4, -0.2) is 31.6 Å². The number of thiophene rings is 1. The fraction of sp³-hybridized carbons (Fsp3) is 0.346. The Hall–Kier alpha value is -3.43. The molecule has 4 aromatic rings. The number of aryl methyl sites for hydroxylation is 3. The van der Waals surface area contributed by atoms with Crippen molar-refractivity contribution < 1.29 is 9.90 Å². The largest absolute Gasteiger partial charge is 0.385 e. The van der Waals surface area contributed by atoms with E-state index >= 15 is 0 Å². The highest BCUT2D eigenvalue weighted by Gasteiger charge is 2.27. The number of H-pyrrole nitrogens is 1. The van der Waals surface area contributed by atoms with Crippen molar-refractivity contribution in [2.45, 2.75) is 52.2 Å². The van der Waals surface area contributed by atoms with Crippen molar-refractivity contribution in [3.63, 3.8) is 0 Å². The molecule has 4 aromatic heterocycles. The van der Waals surface area contributed by atoms with Gasteiger partial charge in [0, 0.05) is 41.3 Å². The molecule has 0 saturated heterocycles. The first kappa shape index (κ1) is 23.3. The third-order valence-corrected chi connectivity index (χ3v) is 7.79. The number of carbonyl (C=O) groups is 1. The van der Waals surface area contributed by atoms with Crippen LogP contribution in [0.5, 0.6) is 0 Å². The SMILES string of the molecule is Cc1ccnc(C)c1Nc1cc(C(C)(C)O)sc1-c1cn(C)c(=O)c2[nH]c(C(=O)NC3CC3)cc12. The Bertz CT molecular complexity index is 1500. The van der Waals surface area contributed by atoms with E-state index in [1.54, 1.807) is 39.4 Å². The normalized spacial score (nSPS) is 13.9. The number of hydrogen-bond acceptors (Lipinski definition) is 6. The van der Waals surface area contributed by atoms with E-state index < -0.39 is 5.60 Å². The van der Waals surface area contributed by atoms with Gasteiger partial charge in [-0.05, 0) is 64.3 Å². The molecule has 1 aliphatic rings. The minimum absolute atomic E-state index is 0.207. The minimum Gasteiger partial charge on any atom is -0.385 e. The number of amides is 1. The van der Waals surface area contributed by atoms with Crippen LogP contribution in [0.4, 0.5) is 11.4 Å². The van der Waals surface area contributed by atoms with E-state index in [4.69, 9.17) is 0 Å². The first-order valence-electron chi connectivity index (χ1n) is 11.6. The third kappa shape index (κ3) is 4.37. The van der Waals surface area contributed by atoms with Crippen molar-refractivity contribution in [3.05, 3.63) is 62.8 Å². The van der Waals surface area contributed by atoms with E-state index in [0.29, 0.717) is 16.6 Å². The molecule has 0 atom stereocenters. The summed E-state index contributed by atoms with van der Waals surface area (Å²) in [7, 11) is 1.70. The lowest BCUT2D eigenvalue weighted by Crippen LogP contribution is -2.25. The second-order valence-corrected chi connectivity index (χ2v) is 10.9. The van der Waals surface area contributed by atoms with Gasteiger partial charge in [0.05, 0.1) is 27.5 Å². The molecule has 4 N–H and O–H groups in total. The van der Waals surface area contributed by atoms with Crippen molar-refractivity contribution in [1.82, 2.24) is 19.9 Å². The Labute approximate surface area is 207 Å². The van der Waals surface area contributed by atoms with Crippen LogP contribution in [0.1, 0.15) is 53.3 Å². The second-order valence-electron chi connectivity index (χ2n) is 9.80. The third-order valence-electron chi connectivity index (χ3n) is 6.31. The van der Waals surface area contributed by atoms with Gasteiger partial charge in [0.2, 0.25) is 0 Å². The number of anilines is 2. The molecule has 5 rings (SSSR count). The van der Waals surface area contributed by atoms with Gasteiger partial charge in [-0.2, -0.15) is 0 Å². The summed E-state index contributed by atoms with van der Waals surface area (Å²) >= 11 is 1.46. The van der Waals surface area contributed by atoms with Gasteiger partial charge in [0.1, 0.15) is 11.2 Å². The van der Waals surface area contributed by atoms with Crippen molar-refractivity contribution in [3.8, 4) is 10.4 Å². The molecule has 1 aliphatic carbocycles.